The van der Waals surface area contributed by atoms with Gasteiger partial charge < -0.3 is 14.2 Å². The number of ether oxygens (including phenoxy) is 3. The van der Waals surface area contributed by atoms with Crippen molar-refractivity contribution in [3.8, 4) is 0 Å². The van der Waals surface area contributed by atoms with E-state index in [4.69, 9.17) is 14.2 Å². The lowest BCUT2D eigenvalue weighted by atomic mass is 10.2. The molecule has 0 aromatic heterocycles. The van der Waals surface area contributed by atoms with Crippen LogP contribution in [0.4, 0.5) is 0 Å². The minimum absolute atomic E-state index is 0.0765. The van der Waals surface area contributed by atoms with Gasteiger partial charge in [-0.05, 0) is 26.2 Å². The summed E-state index contributed by atoms with van der Waals surface area (Å²) in [7, 11) is -2.22. The zero-order valence-electron chi connectivity index (χ0n) is 22.1. The normalized spacial score (nSPS) is 12.2. The van der Waals surface area contributed by atoms with Crippen molar-refractivity contribution in [3.05, 3.63) is 12.2 Å². The van der Waals surface area contributed by atoms with Gasteiger partial charge in [-0.25, -0.2) is 4.79 Å². The van der Waals surface area contributed by atoms with Crippen LogP contribution >= 0.6 is 7.80 Å². The second kappa shape index (κ2) is 21.9. The van der Waals surface area contributed by atoms with E-state index in [1.807, 2.05) is 0 Å². The average molecular weight is 488 g/mol. The van der Waals surface area contributed by atoms with E-state index < -0.39 is 19.3 Å². The molecule has 0 bridgehead atoms. The Morgan fingerprint density at radius 2 is 1.00 bits per heavy atom. The summed E-state index contributed by atoms with van der Waals surface area (Å²) in [6, 6.07) is 0. The van der Waals surface area contributed by atoms with Gasteiger partial charge in [0.15, 0.2) is 0 Å². The molecule has 0 aliphatic heterocycles. The van der Waals surface area contributed by atoms with Gasteiger partial charge in [0, 0.05) is 5.57 Å². The highest BCUT2D eigenvalue weighted by Gasteiger charge is 2.46. The topological polar surface area (TPSA) is 61.8 Å². The molecule has 0 N–H and O–H groups in total. The fourth-order valence-electron chi connectivity index (χ4n) is 3.52. The molecule has 0 spiro atoms. The van der Waals surface area contributed by atoms with Gasteiger partial charge in [-0.1, -0.05) is 109 Å². The van der Waals surface area contributed by atoms with Crippen LogP contribution in [-0.2, 0) is 23.6 Å². The number of allylic oxidation sites excluding steroid dienone is 1. The smallest absolute Gasteiger partial charge is 0.324 e. The van der Waals surface area contributed by atoms with Gasteiger partial charge in [-0.3, -0.25) is 0 Å². The van der Waals surface area contributed by atoms with Gasteiger partial charge in [0.25, 0.3) is 0 Å². The molecule has 5 nitrogen and oxygen atoms in total. The quantitative estimate of drug-likeness (QED) is 0.0559. The first-order valence-corrected chi connectivity index (χ1v) is 14.9. The zero-order chi connectivity index (χ0) is 24.8. The van der Waals surface area contributed by atoms with E-state index in [0.29, 0.717) is 25.4 Å². The highest BCUT2D eigenvalue weighted by atomic mass is 31.1. The van der Waals surface area contributed by atoms with Gasteiger partial charge in [-0.15, -0.1) is 0 Å². The number of carbonyl (C=O) groups excluding carboxylic acids is 1. The Morgan fingerprint density at radius 1 is 0.667 bits per heavy atom. The first-order valence-electron chi connectivity index (χ1n) is 13.5. The molecule has 0 aliphatic carbocycles. The second-order valence-electron chi connectivity index (χ2n) is 9.09. The van der Waals surface area contributed by atoms with Gasteiger partial charge in [0.2, 0.25) is 6.16 Å². The van der Waals surface area contributed by atoms with Crippen molar-refractivity contribution in [1.29, 1.82) is 0 Å². The fraction of sp³-hybridized carbons (Fsp3) is 0.889. The molecular formula is C27H52O5P+. The molecule has 0 aromatic rings. The minimum Gasteiger partial charge on any atom is -0.324 e. The molecule has 0 heterocycles. The van der Waals surface area contributed by atoms with Gasteiger partial charge >= 0.3 is 19.3 Å². The molecule has 33 heavy (non-hydrogen) atoms. The Kier molecular flexibility index (Phi) is 21.5. The summed E-state index contributed by atoms with van der Waals surface area (Å²) in [5.41, 5.74) is -0.136. The Labute approximate surface area is 205 Å². The fourth-order valence-corrected chi connectivity index (χ4v) is 4.72. The lowest BCUT2D eigenvalue weighted by Gasteiger charge is -2.30. The van der Waals surface area contributed by atoms with Gasteiger partial charge in [0.05, 0.1) is 19.8 Å². The van der Waals surface area contributed by atoms with Crippen molar-refractivity contribution in [2.45, 2.75) is 130 Å². The van der Waals surface area contributed by atoms with E-state index >= 15 is 0 Å². The van der Waals surface area contributed by atoms with Crippen molar-refractivity contribution in [2.75, 3.05) is 26.0 Å². The molecule has 0 amide bonds. The van der Waals surface area contributed by atoms with Crippen molar-refractivity contribution >= 4 is 13.3 Å². The summed E-state index contributed by atoms with van der Waals surface area (Å²) in [4.78, 5) is 12.3. The maximum atomic E-state index is 12.8. The maximum absolute atomic E-state index is 12.8. The van der Waals surface area contributed by atoms with E-state index in [1.54, 1.807) is 6.92 Å². The largest absolute Gasteiger partial charge is 0.428 e. The van der Waals surface area contributed by atoms with Crippen LogP contribution in [0.5, 0.6) is 0 Å². The van der Waals surface area contributed by atoms with E-state index in [1.165, 1.54) is 57.8 Å². The van der Waals surface area contributed by atoms with Crippen LogP contribution in [0.1, 0.15) is 124 Å². The van der Waals surface area contributed by atoms with Crippen LogP contribution in [0.2, 0.25) is 0 Å². The first-order chi connectivity index (χ1) is 15.9. The Bertz CT molecular complexity index is 480. The molecule has 6 heteroatoms. The van der Waals surface area contributed by atoms with E-state index in [2.05, 4.69) is 27.4 Å². The average Bonchev–Trinajstić information content (AvgIpc) is 2.80. The molecule has 1 unspecified atom stereocenters. The van der Waals surface area contributed by atoms with Crippen LogP contribution in [-0.4, -0.2) is 37.5 Å². The van der Waals surface area contributed by atoms with Gasteiger partial charge in [0.1, 0.15) is 0 Å². The second-order valence-corrected chi connectivity index (χ2v) is 10.6. The van der Waals surface area contributed by atoms with Crippen LogP contribution in [0.15, 0.2) is 12.2 Å². The molecule has 0 fully saturated rings. The summed E-state index contributed by atoms with van der Waals surface area (Å²) >= 11 is 0. The summed E-state index contributed by atoms with van der Waals surface area (Å²) in [6.07, 6.45) is 16.6. The third kappa shape index (κ3) is 17.5. The van der Waals surface area contributed by atoms with Gasteiger partial charge in [-0.2, -0.15) is 0 Å². The molecule has 0 saturated carbocycles. The summed E-state index contributed by atoms with van der Waals surface area (Å²) in [5, 5.41) is 0. The Morgan fingerprint density at radius 3 is 1.30 bits per heavy atom. The molecule has 0 saturated heterocycles. The third-order valence-corrected chi connectivity index (χ3v) is 7.15. The van der Waals surface area contributed by atoms with Crippen molar-refractivity contribution in [1.82, 2.24) is 0 Å². The Hall–Kier alpha value is -0.610. The number of rotatable bonds is 25. The summed E-state index contributed by atoms with van der Waals surface area (Å²) in [6.45, 7) is 13.3. The summed E-state index contributed by atoms with van der Waals surface area (Å²) in [5.74, 6) is -1.42. The molecule has 0 aliphatic rings. The SMILES string of the molecule is C=C(C)C(=O)[P+](=O)CC(OCCCCCCC)(OCCCCCCC)OCCCCCCC. The standard InChI is InChI=1S/C27H52O5P/c1-6-9-12-15-18-21-30-27(24-33(29)26(28)25(4)5,31-22-19-16-13-10-7-2)32-23-20-17-14-11-8-3/h4,6-24H2,1-3,5H3/q+1. The van der Waals surface area contributed by atoms with E-state index in [0.717, 1.165) is 38.5 Å². The maximum Gasteiger partial charge on any atom is 0.428 e. The van der Waals surface area contributed by atoms with Crippen molar-refractivity contribution < 1.29 is 23.6 Å². The molecule has 1 atom stereocenters. The predicted molar refractivity (Wildman–Crippen MR) is 139 cm³/mol. The lowest BCUT2D eigenvalue weighted by molar-refractivity contribution is -0.367. The minimum atomic E-state index is -2.22. The first kappa shape index (κ1) is 32.4. The van der Waals surface area contributed by atoms with Crippen LogP contribution in [0.25, 0.3) is 0 Å². The molecule has 194 valence electrons. The number of carbonyl (C=O) groups is 1. The zero-order valence-corrected chi connectivity index (χ0v) is 23.0. The Balaban J connectivity index is 5.13. The number of unbranched alkanes of at least 4 members (excludes halogenated alkanes) is 12. The highest BCUT2D eigenvalue weighted by Crippen LogP contribution is 2.34. The number of hydrogen-bond donors (Lipinski definition) is 0. The molecule has 0 rings (SSSR count). The van der Waals surface area contributed by atoms with Crippen molar-refractivity contribution in [3.63, 3.8) is 0 Å². The molecular weight excluding hydrogens is 435 g/mol. The van der Waals surface area contributed by atoms with Crippen LogP contribution in [0, 0.1) is 0 Å². The third-order valence-electron chi connectivity index (χ3n) is 5.64. The lowest BCUT2D eigenvalue weighted by Crippen LogP contribution is -2.43. The predicted octanol–water partition coefficient (Wildman–Crippen LogP) is 8.53. The highest BCUT2D eigenvalue weighted by molar-refractivity contribution is 7.64. The van der Waals surface area contributed by atoms with Crippen LogP contribution in [0.3, 0.4) is 0 Å². The number of hydrogen-bond acceptors (Lipinski definition) is 5. The van der Waals surface area contributed by atoms with E-state index in [-0.39, 0.29) is 6.16 Å². The molecule has 0 radical (unpaired) electrons. The van der Waals surface area contributed by atoms with Crippen LogP contribution < -0.4 is 0 Å². The monoisotopic (exact) mass is 487 g/mol. The van der Waals surface area contributed by atoms with Crippen molar-refractivity contribution in [2.24, 2.45) is 0 Å². The molecule has 0 aromatic carbocycles. The summed E-state index contributed by atoms with van der Waals surface area (Å²) < 4.78 is 31.3. The van der Waals surface area contributed by atoms with E-state index in [9.17, 15) is 9.36 Å².